The molecule has 212 valence electrons. The molecule has 2 bridgehead atoms. The van der Waals surface area contributed by atoms with Crippen molar-refractivity contribution in [3.8, 4) is 0 Å². The number of fused-ring (bicyclic) bond motifs is 6. The summed E-state index contributed by atoms with van der Waals surface area (Å²) in [7, 11) is 0. The third-order valence-electron chi connectivity index (χ3n) is 6.20. The van der Waals surface area contributed by atoms with E-state index in [9.17, 15) is 14.5 Å². The van der Waals surface area contributed by atoms with Crippen LogP contribution in [0.3, 0.4) is 0 Å². The number of ether oxygens (including phenoxy) is 3. The van der Waals surface area contributed by atoms with E-state index in [1.165, 1.54) is 6.33 Å². The van der Waals surface area contributed by atoms with E-state index in [1.807, 2.05) is 0 Å². The van der Waals surface area contributed by atoms with Crippen LogP contribution in [0.1, 0.15) is 11.9 Å². The third-order valence-corrected chi connectivity index (χ3v) is 7.74. The van der Waals surface area contributed by atoms with Gasteiger partial charge in [-0.1, -0.05) is 5.21 Å². The number of H-pyrrole nitrogens is 1. The summed E-state index contributed by atoms with van der Waals surface area (Å²) in [4.78, 5) is 49.9. The lowest BCUT2D eigenvalue weighted by Gasteiger charge is -2.24. The average molecular weight is 598 g/mol. The number of nitrogen functional groups attached to an aromatic ring is 2. The Morgan fingerprint density at radius 3 is 2.88 bits per heavy atom. The van der Waals surface area contributed by atoms with Gasteiger partial charge in [0.05, 0.1) is 18.5 Å². The highest BCUT2D eigenvalue weighted by Crippen LogP contribution is 2.51. The van der Waals surface area contributed by atoms with Gasteiger partial charge in [0.1, 0.15) is 43.2 Å². The van der Waals surface area contributed by atoms with Gasteiger partial charge in [0.15, 0.2) is 23.6 Å². The van der Waals surface area contributed by atoms with Crippen LogP contribution < -0.4 is 17.0 Å². The summed E-state index contributed by atoms with van der Waals surface area (Å²) in [6, 6.07) is 1.61. The van der Waals surface area contributed by atoms with Gasteiger partial charge in [-0.25, -0.2) is 19.2 Å². The number of nitrogens with one attached hydrogen (secondary N) is 1. The maximum Gasteiger partial charge on any atom is 0.508 e. The van der Waals surface area contributed by atoms with Crippen molar-refractivity contribution in [2.45, 2.75) is 37.8 Å². The van der Waals surface area contributed by atoms with Gasteiger partial charge in [0, 0.05) is 5.69 Å². The van der Waals surface area contributed by atoms with Crippen molar-refractivity contribution in [1.29, 1.82) is 0 Å². The van der Waals surface area contributed by atoms with Crippen molar-refractivity contribution in [3.63, 3.8) is 0 Å². The Morgan fingerprint density at radius 1 is 1.23 bits per heavy atom. The smallest absolute Gasteiger partial charge is 0.432 e. The minimum Gasteiger partial charge on any atom is -0.432 e. The predicted octanol–water partition coefficient (Wildman–Crippen LogP) is -0.355. The fourth-order valence-corrected chi connectivity index (χ4v) is 5.75. The fraction of sp³-hybridized carbons (Fsp3) is 0.421. The molecule has 0 aliphatic carbocycles. The molecule has 2 aliphatic rings. The Bertz CT molecular complexity index is 1730. The van der Waals surface area contributed by atoms with Crippen LogP contribution in [0.5, 0.6) is 0 Å². The van der Waals surface area contributed by atoms with Crippen LogP contribution in [0.15, 0.2) is 17.2 Å². The van der Waals surface area contributed by atoms with Crippen LogP contribution in [0.25, 0.3) is 22.2 Å². The van der Waals surface area contributed by atoms with Gasteiger partial charge in [0.2, 0.25) is 5.95 Å². The highest BCUT2D eigenvalue weighted by atomic mass is 32.5. The molecule has 2 aliphatic heterocycles. The molecule has 0 amide bonds. The number of hydrogen-bond acceptors (Lipinski definition) is 15. The van der Waals surface area contributed by atoms with E-state index in [0.717, 1.165) is 4.68 Å². The lowest BCUT2D eigenvalue weighted by molar-refractivity contribution is -0.0631. The first-order valence-corrected chi connectivity index (χ1v) is 14.1. The molecule has 0 aromatic carbocycles. The molecular formula is C19H20FN10O8PS. The molecule has 1 fully saturated rings. The van der Waals surface area contributed by atoms with Gasteiger partial charge in [-0.2, -0.15) is 9.67 Å². The van der Waals surface area contributed by atoms with Crippen LogP contribution in [0.4, 0.5) is 21.0 Å². The second-order valence-electron chi connectivity index (χ2n) is 8.67. The topological polar surface area (TPSA) is 243 Å². The first-order chi connectivity index (χ1) is 19.1. The van der Waals surface area contributed by atoms with Crippen molar-refractivity contribution < 1.29 is 37.3 Å². The molecule has 6 rings (SSSR count). The van der Waals surface area contributed by atoms with Crippen LogP contribution in [0.2, 0.25) is 0 Å². The number of carbonyl (C=O) groups excluding carboxylic acids is 1. The zero-order valence-electron chi connectivity index (χ0n) is 20.1. The summed E-state index contributed by atoms with van der Waals surface area (Å²) in [6.07, 6.45) is -6.41. The number of cyclic esters (lactones) is 2. The minimum atomic E-state index is -4.18. The number of rotatable bonds is 1. The van der Waals surface area contributed by atoms with E-state index in [4.69, 9.17) is 46.5 Å². The van der Waals surface area contributed by atoms with Crippen molar-refractivity contribution >= 4 is 58.6 Å². The molecule has 1 saturated heterocycles. The Morgan fingerprint density at radius 2 is 2.05 bits per heavy atom. The summed E-state index contributed by atoms with van der Waals surface area (Å²) >= 11 is 5.19. The number of halogens is 1. The number of carbonyl (C=O) groups is 1. The molecule has 1 unspecified atom stereocenters. The molecule has 0 saturated carbocycles. The molecule has 4 aromatic heterocycles. The van der Waals surface area contributed by atoms with E-state index in [-0.39, 0.29) is 42.7 Å². The van der Waals surface area contributed by atoms with Gasteiger partial charge in [-0.3, -0.25) is 14.3 Å². The van der Waals surface area contributed by atoms with Crippen LogP contribution in [0, 0.1) is 0 Å². The number of aromatic amines is 1. The number of nitrogens with zero attached hydrogens (tertiary/aromatic N) is 7. The molecular weight excluding hydrogens is 578 g/mol. The normalized spacial score (nSPS) is 28.0. The molecule has 21 heteroatoms. The second kappa shape index (κ2) is 9.98. The Balaban J connectivity index is 1.37. The van der Waals surface area contributed by atoms with E-state index < -0.39 is 49.6 Å². The van der Waals surface area contributed by atoms with Gasteiger partial charge >= 0.3 is 12.9 Å². The van der Waals surface area contributed by atoms with E-state index in [1.54, 1.807) is 10.6 Å². The molecule has 5 atom stereocenters. The Hall–Kier alpha value is -3.81. The molecule has 0 spiro atoms. The average Bonchev–Trinajstić information content (AvgIpc) is 3.56. The van der Waals surface area contributed by atoms with E-state index >= 15 is 4.39 Å². The quantitative estimate of drug-likeness (QED) is 0.161. The monoisotopic (exact) mass is 598 g/mol. The summed E-state index contributed by atoms with van der Waals surface area (Å²) in [5.74, 6) is -0.0773. The summed E-state index contributed by atoms with van der Waals surface area (Å²) in [6.45, 7) is -5.15. The first kappa shape index (κ1) is 26.4. The van der Waals surface area contributed by atoms with Crippen molar-refractivity contribution in [1.82, 2.24) is 39.5 Å². The number of hydrogen-bond donors (Lipinski definition) is 4. The van der Waals surface area contributed by atoms with E-state index in [0.29, 0.717) is 16.7 Å². The number of aromatic nitrogens is 8. The number of nitrogens with two attached hydrogens (primary N) is 2. The van der Waals surface area contributed by atoms with Crippen LogP contribution in [-0.4, -0.2) is 82.1 Å². The van der Waals surface area contributed by atoms with Gasteiger partial charge in [-0.15, -0.1) is 5.10 Å². The summed E-state index contributed by atoms with van der Waals surface area (Å²) in [5.41, 5.74) is 11.4. The lowest BCUT2D eigenvalue weighted by Crippen LogP contribution is -2.33. The van der Waals surface area contributed by atoms with E-state index in [2.05, 4.69) is 30.2 Å². The molecule has 0 radical (unpaired) electrons. The van der Waals surface area contributed by atoms with Crippen LogP contribution >= 0.6 is 6.72 Å². The van der Waals surface area contributed by atoms with Crippen molar-refractivity contribution in [2.24, 2.45) is 0 Å². The molecule has 18 nitrogen and oxygen atoms in total. The van der Waals surface area contributed by atoms with Crippen molar-refractivity contribution in [2.75, 3.05) is 24.7 Å². The maximum atomic E-state index is 15.7. The zero-order chi connectivity index (χ0) is 28.2. The summed E-state index contributed by atoms with van der Waals surface area (Å²) in [5, 5.41) is 8.06. The number of alkyl halides is 1. The first-order valence-electron chi connectivity index (χ1n) is 11.6. The zero-order valence-corrected chi connectivity index (χ0v) is 21.8. The third kappa shape index (κ3) is 4.73. The van der Waals surface area contributed by atoms with Crippen LogP contribution in [-0.2, 0) is 48.2 Å². The highest BCUT2D eigenvalue weighted by molar-refractivity contribution is 8.07. The molecule has 4 aromatic rings. The molecule has 6 N–H and O–H groups in total. The standard InChI is InChI=1S/C19H20FN10O8PS/c20-10-9-5-35-19(32)34-2-1-29-7(3-8-13(21)23-6-24-14(8)29)4-36-39(33,40)38-12(10)17(37-9)30-15-11(27-28-30)16(31)26-18(22)25-15/h3,6,9-10,12,17H,1-2,4-5H2,(H,33,40)(H2,21,23,24)(H3,22,25,26,31)/t9-,10-,12-,17-,39?/m1/s1. The number of anilines is 2. The van der Waals surface area contributed by atoms with Crippen molar-refractivity contribution in [3.05, 3.63) is 28.4 Å². The SMILES string of the molecule is Nc1nc2c(nnn2[C@@H]2O[C@@H]3COC(=O)OCCn4c(cc5c(N)ncnc54)COP(O)(=S)O[C@@H]2[C@@H]3F)c(=O)[nH]1. The van der Waals surface area contributed by atoms with Gasteiger partial charge in [-0.05, 0) is 17.9 Å². The fourth-order valence-electron chi connectivity index (χ4n) is 4.41. The molecule has 6 heterocycles. The minimum absolute atomic E-state index is 0.105. The largest absolute Gasteiger partial charge is 0.508 e. The maximum absolute atomic E-state index is 15.7. The van der Waals surface area contributed by atoms with Gasteiger partial charge < -0.3 is 39.7 Å². The Labute approximate surface area is 226 Å². The summed E-state index contributed by atoms with van der Waals surface area (Å²) < 4.78 is 45.3. The lowest BCUT2D eigenvalue weighted by atomic mass is 10.1. The molecule has 40 heavy (non-hydrogen) atoms. The van der Waals surface area contributed by atoms with Gasteiger partial charge in [0.25, 0.3) is 5.56 Å². The second-order valence-corrected chi connectivity index (χ2v) is 11.5. The highest BCUT2D eigenvalue weighted by Gasteiger charge is 2.51. The predicted molar refractivity (Wildman–Crippen MR) is 135 cm³/mol. The Kier molecular flexibility index (Phi) is 6.59.